The Morgan fingerprint density at radius 2 is 2.05 bits per heavy atom. The lowest BCUT2D eigenvalue weighted by Crippen LogP contribution is -2.21. The molecule has 0 spiro atoms. The number of thiazole rings is 1. The summed E-state index contributed by atoms with van der Waals surface area (Å²) in [6, 6.07) is 7.52. The van der Waals surface area contributed by atoms with Crippen molar-refractivity contribution in [2.45, 2.75) is 19.9 Å². The van der Waals surface area contributed by atoms with Gasteiger partial charge in [-0.3, -0.25) is 4.79 Å². The molecule has 1 aromatic carbocycles. The molecule has 2 rings (SSSR count). The van der Waals surface area contributed by atoms with Crippen LogP contribution < -0.4 is 0 Å². The van der Waals surface area contributed by atoms with E-state index in [1.807, 2.05) is 43.7 Å². The van der Waals surface area contributed by atoms with E-state index in [2.05, 4.69) is 25.8 Å². The molecule has 0 amide bonds. The molecule has 1 heterocycles. The molecule has 106 valence electrons. The van der Waals surface area contributed by atoms with Crippen LogP contribution >= 0.6 is 27.3 Å². The molecule has 1 aromatic heterocycles. The maximum absolute atomic E-state index is 12.1. The molecule has 0 atom stereocenters. The molecule has 0 saturated carbocycles. The van der Waals surface area contributed by atoms with Crippen LogP contribution in [0.5, 0.6) is 0 Å². The summed E-state index contributed by atoms with van der Waals surface area (Å²) in [4.78, 5) is 19.8. The zero-order chi connectivity index (χ0) is 14.5. The van der Waals surface area contributed by atoms with E-state index in [0.717, 1.165) is 28.8 Å². The molecule has 0 aliphatic carbocycles. The number of aromatic nitrogens is 1. The maximum atomic E-state index is 12.1. The van der Waals surface area contributed by atoms with Crippen LogP contribution in [0.2, 0.25) is 0 Å². The van der Waals surface area contributed by atoms with Crippen molar-refractivity contribution in [2.24, 2.45) is 0 Å². The number of Topliss-reactive ketones (excluding diaryl/α,β-unsaturated/α-hetero) is 1. The van der Waals surface area contributed by atoms with Crippen LogP contribution in [-0.4, -0.2) is 29.3 Å². The van der Waals surface area contributed by atoms with E-state index in [4.69, 9.17) is 0 Å². The second-order valence-electron chi connectivity index (χ2n) is 4.78. The van der Waals surface area contributed by atoms with Gasteiger partial charge in [0.25, 0.3) is 0 Å². The number of hydrogen-bond acceptors (Lipinski definition) is 4. The van der Waals surface area contributed by atoms with Gasteiger partial charge in [0.1, 0.15) is 0 Å². The van der Waals surface area contributed by atoms with E-state index in [-0.39, 0.29) is 5.78 Å². The summed E-state index contributed by atoms with van der Waals surface area (Å²) < 4.78 is 0.992. The van der Waals surface area contributed by atoms with E-state index in [9.17, 15) is 4.79 Å². The molecule has 0 saturated heterocycles. The average molecular weight is 353 g/mol. The van der Waals surface area contributed by atoms with Crippen molar-refractivity contribution in [1.82, 2.24) is 9.88 Å². The van der Waals surface area contributed by atoms with E-state index >= 15 is 0 Å². The number of carbonyl (C=O) groups is 1. The Labute approximate surface area is 131 Å². The Bertz CT molecular complexity index is 580. The molecule has 0 fully saturated rings. The van der Waals surface area contributed by atoms with Gasteiger partial charge in [-0.05, 0) is 26.1 Å². The number of hydrogen-bond donors (Lipinski definition) is 0. The summed E-state index contributed by atoms with van der Waals surface area (Å²) >= 11 is 5.04. The van der Waals surface area contributed by atoms with Crippen LogP contribution in [0.1, 0.15) is 27.3 Å². The van der Waals surface area contributed by atoms with Gasteiger partial charge in [0, 0.05) is 34.4 Å². The van der Waals surface area contributed by atoms with Crippen LogP contribution in [0.15, 0.2) is 34.2 Å². The highest BCUT2D eigenvalue weighted by molar-refractivity contribution is 9.10. The van der Waals surface area contributed by atoms with E-state index in [0.29, 0.717) is 6.42 Å². The molecule has 2 aromatic rings. The van der Waals surface area contributed by atoms with Gasteiger partial charge in [-0.1, -0.05) is 28.1 Å². The van der Waals surface area contributed by atoms with Crippen LogP contribution in [0.4, 0.5) is 0 Å². The van der Waals surface area contributed by atoms with Gasteiger partial charge < -0.3 is 4.90 Å². The third-order valence-electron chi connectivity index (χ3n) is 3.15. The van der Waals surface area contributed by atoms with Gasteiger partial charge in [-0.2, -0.15) is 0 Å². The number of halogens is 1. The van der Waals surface area contributed by atoms with Crippen molar-refractivity contribution in [1.29, 1.82) is 0 Å². The molecule has 0 N–H and O–H groups in total. The molecule has 20 heavy (non-hydrogen) atoms. The lowest BCUT2D eigenvalue weighted by Gasteiger charge is -2.15. The number of benzene rings is 1. The minimum absolute atomic E-state index is 0.186. The maximum Gasteiger partial charge on any atom is 0.164 e. The van der Waals surface area contributed by atoms with Crippen LogP contribution in [-0.2, 0) is 6.54 Å². The first-order chi connectivity index (χ1) is 9.56. The Morgan fingerprint density at radius 3 is 2.65 bits per heavy atom. The van der Waals surface area contributed by atoms with Crippen molar-refractivity contribution in [3.05, 3.63) is 50.4 Å². The van der Waals surface area contributed by atoms with Crippen molar-refractivity contribution in [3.8, 4) is 0 Å². The number of nitrogens with zero attached hydrogens (tertiary/aromatic N) is 2. The largest absolute Gasteiger partial charge is 0.301 e. The zero-order valence-corrected chi connectivity index (χ0v) is 14.0. The summed E-state index contributed by atoms with van der Waals surface area (Å²) in [5.41, 5.74) is 3.72. The SMILES string of the molecule is Cc1ncsc1CN(C)CCC(=O)c1ccc(Br)cc1. The quantitative estimate of drug-likeness (QED) is 0.738. The van der Waals surface area contributed by atoms with Crippen LogP contribution in [0.3, 0.4) is 0 Å². The molecular weight excluding hydrogens is 336 g/mol. The molecule has 0 aliphatic heterocycles. The Kier molecular flexibility index (Phi) is 5.46. The number of carbonyl (C=O) groups excluding carboxylic acids is 1. The predicted octanol–water partition coefficient (Wildman–Crippen LogP) is 3.92. The third kappa shape index (κ3) is 4.23. The minimum atomic E-state index is 0.186. The standard InChI is InChI=1S/C15H17BrN2OS/c1-11-15(20-10-17-11)9-18(2)8-7-14(19)12-3-5-13(16)6-4-12/h3-6,10H,7-9H2,1-2H3. The smallest absolute Gasteiger partial charge is 0.164 e. The predicted molar refractivity (Wildman–Crippen MR) is 86.3 cm³/mol. The van der Waals surface area contributed by atoms with E-state index in [1.54, 1.807) is 11.3 Å². The monoisotopic (exact) mass is 352 g/mol. The van der Waals surface area contributed by atoms with E-state index < -0.39 is 0 Å². The highest BCUT2D eigenvalue weighted by Crippen LogP contribution is 2.15. The number of aryl methyl sites for hydroxylation is 1. The fraction of sp³-hybridized carbons (Fsp3) is 0.333. The molecular formula is C15H17BrN2OS. The molecule has 0 bridgehead atoms. The van der Waals surface area contributed by atoms with Gasteiger partial charge in [-0.15, -0.1) is 11.3 Å². The second kappa shape index (κ2) is 7.11. The fourth-order valence-electron chi connectivity index (χ4n) is 1.87. The highest BCUT2D eigenvalue weighted by atomic mass is 79.9. The number of ketones is 1. The van der Waals surface area contributed by atoms with Crippen molar-refractivity contribution >= 4 is 33.0 Å². The first-order valence-corrected chi connectivity index (χ1v) is 8.10. The van der Waals surface area contributed by atoms with Crippen LogP contribution in [0, 0.1) is 6.92 Å². The van der Waals surface area contributed by atoms with Gasteiger partial charge >= 0.3 is 0 Å². The third-order valence-corrected chi connectivity index (χ3v) is 4.59. The van der Waals surface area contributed by atoms with E-state index in [1.165, 1.54) is 4.88 Å². The molecule has 0 unspecified atom stereocenters. The first-order valence-electron chi connectivity index (χ1n) is 6.42. The van der Waals surface area contributed by atoms with Gasteiger partial charge in [0.15, 0.2) is 5.78 Å². The average Bonchev–Trinajstić information content (AvgIpc) is 2.82. The highest BCUT2D eigenvalue weighted by Gasteiger charge is 2.09. The Balaban J connectivity index is 1.84. The minimum Gasteiger partial charge on any atom is -0.301 e. The van der Waals surface area contributed by atoms with Crippen molar-refractivity contribution < 1.29 is 4.79 Å². The van der Waals surface area contributed by atoms with Crippen molar-refractivity contribution in [2.75, 3.05) is 13.6 Å². The summed E-state index contributed by atoms with van der Waals surface area (Å²) in [5.74, 6) is 0.186. The summed E-state index contributed by atoms with van der Waals surface area (Å²) in [5, 5.41) is 0. The first kappa shape index (κ1) is 15.4. The zero-order valence-electron chi connectivity index (χ0n) is 11.6. The summed E-state index contributed by atoms with van der Waals surface area (Å²) in [6.45, 7) is 3.63. The molecule has 3 nitrogen and oxygen atoms in total. The second-order valence-corrected chi connectivity index (χ2v) is 6.63. The van der Waals surface area contributed by atoms with Gasteiger partial charge in [0.05, 0.1) is 11.2 Å². The Hall–Kier alpha value is -1.04. The lowest BCUT2D eigenvalue weighted by molar-refractivity contribution is 0.0968. The summed E-state index contributed by atoms with van der Waals surface area (Å²) in [7, 11) is 2.04. The van der Waals surface area contributed by atoms with Gasteiger partial charge in [0.2, 0.25) is 0 Å². The molecule has 0 aliphatic rings. The van der Waals surface area contributed by atoms with Crippen LogP contribution in [0.25, 0.3) is 0 Å². The molecule has 0 radical (unpaired) electrons. The summed E-state index contributed by atoms with van der Waals surface area (Å²) in [6.07, 6.45) is 0.538. The normalized spacial score (nSPS) is 11.0. The topological polar surface area (TPSA) is 33.2 Å². The number of rotatable bonds is 6. The lowest BCUT2D eigenvalue weighted by atomic mass is 10.1. The Morgan fingerprint density at radius 1 is 1.35 bits per heavy atom. The van der Waals surface area contributed by atoms with Gasteiger partial charge in [-0.25, -0.2) is 4.98 Å². The fourth-order valence-corrected chi connectivity index (χ4v) is 3.00. The molecule has 5 heteroatoms. The van der Waals surface area contributed by atoms with Crippen molar-refractivity contribution in [3.63, 3.8) is 0 Å².